The molecule has 0 unspecified atom stereocenters. The zero-order chi connectivity index (χ0) is 19.1. The van der Waals surface area contributed by atoms with Crippen LogP contribution in [0.25, 0.3) is 0 Å². The number of likely N-dealkylation sites (tertiary alicyclic amines) is 1. The summed E-state index contributed by atoms with van der Waals surface area (Å²) in [6, 6.07) is 7.66. The van der Waals surface area contributed by atoms with Crippen molar-refractivity contribution in [1.82, 2.24) is 4.90 Å². The van der Waals surface area contributed by atoms with Crippen molar-refractivity contribution in [1.29, 1.82) is 5.26 Å². The van der Waals surface area contributed by atoms with Gasteiger partial charge in [-0.2, -0.15) is 5.26 Å². The fourth-order valence-corrected chi connectivity index (χ4v) is 3.45. The first-order valence-electron chi connectivity index (χ1n) is 8.54. The standard InChI is InChI=1S/C19H22IN3O3/c1-3-26-19(25)14-6-8-23(9-7-14)12-15(11-21)18(24)22-17-5-4-16(20)10-13(17)2/h4-5,10,12,14H,3,6-9H2,1-2H3,(H,22,24)/b15-12-. The van der Waals surface area contributed by atoms with E-state index < -0.39 is 5.91 Å². The predicted molar refractivity (Wildman–Crippen MR) is 107 cm³/mol. The van der Waals surface area contributed by atoms with Crippen molar-refractivity contribution in [3.8, 4) is 6.07 Å². The SMILES string of the molecule is CCOC(=O)C1CCN(/C=C(/C#N)C(=O)Nc2ccc(I)cc2C)CC1. The molecule has 0 atom stereocenters. The molecule has 0 spiro atoms. The third-order valence-electron chi connectivity index (χ3n) is 4.26. The van der Waals surface area contributed by atoms with E-state index in [1.54, 1.807) is 13.1 Å². The number of carbonyl (C=O) groups excluding carboxylic acids is 2. The topological polar surface area (TPSA) is 82.4 Å². The molecule has 1 aromatic rings. The Morgan fingerprint density at radius 1 is 1.42 bits per heavy atom. The Kier molecular flexibility index (Phi) is 7.45. The van der Waals surface area contributed by atoms with Crippen LogP contribution < -0.4 is 5.32 Å². The van der Waals surface area contributed by atoms with Crippen LogP contribution in [0.3, 0.4) is 0 Å². The van der Waals surface area contributed by atoms with Crippen molar-refractivity contribution in [2.45, 2.75) is 26.7 Å². The summed E-state index contributed by atoms with van der Waals surface area (Å²) in [6.07, 6.45) is 2.90. The van der Waals surface area contributed by atoms with E-state index >= 15 is 0 Å². The number of hydrogen-bond acceptors (Lipinski definition) is 5. The molecule has 138 valence electrons. The predicted octanol–water partition coefficient (Wildman–Crippen LogP) is 3.22. The first-order valence-corrected chi connectivity index (χ1v) is 9.62. The minimum absolute atomic E-state index is 0.0533. The molecule has 1 aromatic carbocycles. The highest BCUT2D eigenvalue weighted by molar-refractivity contribution is 14.1. The van der Waals surface area contributed by atoms with E-state index in [4.69, 9.17) is 4.74 Å². The van der Waals surface area contributed by atoms with Gasteiger partial charge in [0.15, 0.2) is 0 Å². The third-order valence-corrected chi connectivity index (χ3v) is 4.93. The number of esters is 1. The van der Waals surface area contributed by atoms with Gasteiger partial charge in [-0.15, -0.1) is 0 Å². The number of anilines is 1. The van der Waals surface area contributed by atoms with Crippen molar-refractivity contribution >= 4 is 40.2 Å². The lowest BCUT2D eigenvalue weighted by Gasteiger charge is -2.30. The minimum atomic E-state index is -0.427. The van der Waals surface area contributed by atoms with Crippen LogP contribution in [-0.2, 0) is 14.3 Å². The van der Waals surface area contributed by atoms with Crippen LogP contribution in [0.1, 0.15) is 25.3 Å². The molecule has 1 amide bonds. The number of rotatable bonds is 5. The average Bonchev–Trinajstić information content (AvgIpc) is 2.62. The molecule has 1 aliphatic rings. The van der Waals surface area contributed by atoms with Crippen molar-refractivity contribution < 1.29 is 14.3 Å². The van der Waals surface area contributed by atoms with Crippen molar-refractivity contribution in [3.05, 3.63) is 39.1 Å². The second-order valence-electron chi connectivity index (χ2n) is 6.13. The van der Waals surface area contributed by atoms with E-state index in [1.165, 1.54) is 0 Å². The van der Waals surface area contributed by atoms with Gasteiger partial charge in [0.25, 0.3) is 5.91 Å². The number of nitrogens with zero attached hydrogens (tertiary/aromatic N) is 2. The maximum absolute atomic E-state index is 12.4. The van der Waals surface area contributed by atoms with Gasteiger partial charge in [-0.3, -0.25) is 9.59 Å². The Bertz CT molecular complexity index is 747. The summed E-state index contributed by atoms with van der Waals surface area (Å²) in [5.41, 5.74) is 1.69. The number of benzene rings is 1. The van der Waals surface area contributed by atoms with Crippen LogP contribution in [-0.4, -0.2) is 36.5 Å². The second kappa shape index (κ2) is 9.57. The summed E-state index contributed by atoms with van der Waals surface area (Å²) in [4.78, 5) is 26.1. The number of amides is 1. The molecule has 0 saturated carbocycles. The van der Waals surface area contributed by atoms with Crippen LogP contribution >= 0.6 is 22.6 Å². The first-order chi connectivity index (χ1) is 12.4. The molecule has 0 radical (unpaired) electrons. The monoisotopic (exact) mass is 467 g/mol. The summed E-state index contributed by atoms with van der Waals surface area (Å²) in [5.74, 6) is -0.693. The molecule has 0 aliphatic carbocycles. The van der Waals surface area contributed by atoms with Gasteiger partial charge in [-0.05, 0) is 73.0 Å². The smallest absolute Gasteiger partial charge is 0.309 e. The normalized spacial score (nSPS) is 15.3. The van der Waals surface area contributed by atoms with E-state index in [-0.39, 0.29) is 17.5 Å². The Balaban J connectivity index is 1.98. The van der Waals surface area contributed by atoms with Crippen LogP contribution in [0.5, 0.6) is 0 Å². The molecule has 1 aliphatic heterocycles. The third kappa shape index (κ3) is 5.46. The van der Waals surface area contributed by atoms with Crippen LogP contribution in [0.2, 0.25) is 0 Å². The highest BCUT2D eigenvalue weighted by Gasteiger charge is 2.25. The average molecular weight is 467 g/mol. The zero-order valence-electron chi connectivity index (χ0n) is 14.9. The molecule has 1 heterocycles. The van der Waals surface area contributed by atoms with Gasteiger partial charge in [0.1, 0.15) is 11.6 Å². The Morgan fingerprint density at radius 2 is 2.12 bits per heavy atom. The number of nitriles is 1. The zero-order valence-corrected chi connectivity index (χ0v) is 17.1. The van der Waals surface area contributed by atoms with Crippen LogP contribution in [0.15, 0.2) is 30.0 Å². The Morgan fingerprint density at radius 3 is 2.69 bits per heavy atom. The van der Waals surface area contributed by atoms with E-state index in [2.05, 4.69) is 27.9 Å². The maximum Gasteiger partial charge on any atom is 0.309 e. The molecule has 1 saturated heterocycles. The van der Waals surface area contributed by atoms with Crippen LogP contribution in [0.4, 0.5) is 5.69 Å². The lowest BCUT2D eigenvalue weighted by molar-refractivity contribution is -0.149. The van der Waals surface area contributed by atoms with E-state index in [1.807, 2.05) is 36.1 Å². The summed E-state index contributed by atoms with van der Waals surface area (Å²) in [6.45, 7) is 5.32. The minimum Gasteiger partial charge on any atom is -0.466 e. The number of piperidine rings is 1. The molecule has 6 nitrogen and oxygen atoms in total. The van der Waals surface area contributed by atoms with Gasteiger partial charge in [0, 0.05) is 28.5 Å². The number of ether oxygens (including phenoxy) is 1. The van der Waals surface area contributed by atoms with Crippen molar-refractivity contribution in [3.63, 3.8) is 0 Å². The molecule has 2 rings (SSSR count). The van der Waals surface area contributed by atoms with E-state index in [0.717, 1.165) is 9.13 Å². The van der Waals surface area contributed by atoms with Gasteiger partial charge >= 0.3 is 5.97 Å². The fraction of sp³-hybridized carbons (Fsp3) is 0.421. The molecule has 1 fully saturated rings. The lowest BCUT2D eigenvalue weighted by atomic mass is 9.97. The Labute approximate surface area is 167 Å². The first kappa shape index (κ1) is 20.2. The lowest BCUT2D eigenvalue weighted by Crippen LogP contribution is -2.34. The van der Waals surface area contributed by atoms with Crippen molar-refractivity contribution in [2.75, 3.05) is 25.0 Å². The molecule has 0 bridgehead atoms. The molecule has 0 aromatic heterocycles. The van der Waals surface area contributed by atoms with E-state index in [0.29, 0.717) is 38.2 Å². The summed E-state index contributed by atoms with van der Waals surface area (Å²) in [7, 11) is 0. The molecular weight excluding hydrogens is 445 g/mol. The quantitative estimate of drug-likeness (QED) is 0.311. The molecule has 1 N–H and O–H groups in total. The second-order valence-corrected chi connectivity index (χ2v) is 7.38. The van der Waals surface area contributed by atoms with Crippen LogP contribution in [0, 0.1) is 27.7 Å². The molecule has 26 heavy (non-hydrogen) atoms. The number of halogens is 1. The highest BCUT2D eigenvalue weighted by Crippen LogP contribution is 2.21. The fourth-order valence-electron chi connectivity index (χ4n) is 2.80. The molecule has 7 heteroatoms. The maximum atomic E-state index is 12.4. The summed E-state index contributed by atoms with van der Waals surface area (Å²) >= 11 is 2.21. The summed E-state index contributed by atoms with van der Waals surface area (Å²) < 4.78 is 6.14. The van der Waals surface area contributed by atoms with Crippen molar-refractivity contribution in [2.24, 2.45) is 5.92 Å². The molecular formula is C19H22IN3O3. The largest absolute Gasteiger partial charge is 0.466 e. The Hall–Kier alpha value is -2.08. The van der Waals surface area contributed by atoms with Gasteiger partial charge in [0.05, 0.1) is 12.5 Å². The number of nitrogens with one attached hydrogen (secondary N) is 1. The number of carbonyl (C=O) groups is 2. The summed E-state index contributed by atoms with van der Waals surface area (Å²) in [5, 5.41) is 12.1. The number of aryl methyl sites for hydroxylation is 1. The van der Waals surface area contributed by atoms with Gasteiger partial charge < -0.3 is 15.0 Å². The van der Waals surface area contributed by atoms with E-state index in [9.17, 15) is 14.9 Å². The van der Waals surface area contributed by atoms with Gasteiger partial charge in [-0.25, -0.2) is 0 Å². The van der Waals surface area contributed by atoms with Gasteiger partial charge in [0.2, 0.25) is 0 Å². The van der Waals surface area contributed by atoms with Gasteiger partial charge in [-0.1, -0.05) is 0 Å². The number of hydrogen-bond donors (Lipinski definition) is 1. The highest BCUT2D eigenvalue weighted by atomic mass is 127.